The lowest BCUT2D eigenvalue weighted by Crippen LogP contribution is -2.53. The average Bonchev–Trinajstić information content (AvgIpc) is 2.99. The van der Waals surface area contributed by atoms with Gasteiger partial charge in [0.05, 0.1) is 10.9 Å². The van der Waals surface area contributed by atoms with Gasteiger partial charge in [0.25, 0.3) is 5.91 Å². The molecule has 0 spiro atoms. The van der Waals surface area contributed by atoms with E-state index in [1.54, 1.807) is 38.1 Å². The number of carbonyl (C=O) groups excluding carboxylic acids is 1. The lowest BCUT2D eigenvalue weighted by atomic mass is 9.85. The molecule has 0 unspecified atom stereocenters. The number of nitrogens with zero attached hydrogens (tertiary/aromatic N) is 1. The Morgan fingerprint density at radius 3 is 2.55 bits per heavy atom. The Labute approximate surface area is 166 Å². The summed E-state index contributed by atoms with van der Waals surface area (Å²) in [7, 11) is -4.84. The van der Waals surface area contributed by atoms with Gasteiger partial charge in [0.2, 0.25) is 9.84 Å². The maximum Gasteiger partial charge on any atom is 0.341 e. The molecule has 154 valence electrons. The van der Waals surface area contributed by atoms with Crippen molar-refractivity contribution in [3.63, 3.8) is 0 Å². The van der Waals surface area contributed by atoms with Gasteiger partial charge in [0, 0.05) is 17.7 Å². The van der Waals surface area contributed by atoms with E-state index in [9.17, 15) is 27.1 Å². The highest BCUT2D eigenvalue weighted by Gasteiger charge is 2.49. The Hall–Kier alpha value is -2.52. The number of alkyl halides is 2. The quantitative estimate of drug-likeness (QED) is 0.821. The van der Waals surface area contributed by atoms with Gasteiger partial charge in [-0.25, -0.2) is 8.42 Å². The fourth-order valence-electron chi connectivity index (χ4n) is 3.86. The molecule has 0 saturated heterocycles. The number of fused-ring (bicyclic) bond motifs is 2. The molecule has 2 aromatic carbocycles. The Morgan fingerprint density at radius 2 is 1.90 bits per heavy atom. The average molecular weight is 423 g/mol. The Balaban J connectivity index is 1.86. The molecule has 4 rings (SSSR count). The van der Waals surface area contributed by atoms with Crippen molar-refractivity contribution in [2.24, 2.45) is 0 Å². The molecule has 1 amide bonds. The van der Waals surface area contributed by atoms with E-state index >= 15 is 0 Å². The first-order chi connectivity index (χ1) is 13.5. The van der Waals surface area contributed by atoms with Gasteiger partial charge in [-0.05, 0) is 43.7 Å². The molecular formula is C20H19F2NO5S. The van der Waals surface area contributed by atoms with Gasteiger partial charge in [0.15, 0.2) is 0 Å². The molecule has 0 radical (unpaired) electrons. The molecular weight excluding hydrogens is 404 g/mol. The van der Waals surface area contributed by atoms with Crippen LogP contribution in [-0.4, -0.2) is 41.8 Å². The number of sulfone groups is 1. The number of amides is 1. The number of carbonyl (C=O) groups is 1. The summed E-state index contributed by atoms with van der Waals surface area (Å²) >= 11 is 0. The van der Waals surface area contributed by atoms with E-state index in [1.165, 1.54) is 11.0 Å². The molecule has 2 aliphatic heterocycles. The predicted octanol–water partition coefficient (Wildman–Crippen LogP) is 2.91. The number of aliphatic hydroxyl groups is 1. The maximum atomic E-state index is 13.0. The van der Waals surface area contributed by atoms with E-state index in [-0.39, 0.29) is 23.8 Å². The third-order valence-electron chi connectivity index (χ3n) is 5.43. The summed E-state index contributed by atoms with van der Waals surface area (Å²) < 4.78 is 55.8. The molecule has 0 fully saturated rings. The summed E-state index contributed by atoms with van der Waals surface area (Å²) in [6.45, 7) is 3.49. The van der Waals surface area contributed by atoms with E-state index in [2.05, 4.69) is 0 Å². The first-order valence-corrected chi connectivity index (χ1v) is 10.5. The third kappa shape index (κ3) is 3.00. The number of halogens is 2. The van der Waals surface area contributed by atoms with E-state index in [4.69, 9.17) is 4.74 Å². The lowest BCUT2D eigenvalue weighted by molar-refractivity contribution is -0.0869. The van der Waals surface area contributed by atoms with Crippen LogP contribution in [0.3, 0.4) is 0 Å². The summed E-state index contributed by atoms with van der Waals surface area (Å²) in [5.74, 6) is -3.67. The minimum atomic E-state index is -4.84. The van der Waals surface area contributed by atoms with E-state index in [0.717, 1.165) is 17.7 Å². The summed E-state index contributed by atoms with van der Waals surface area (Å²) in [4.78, 5) is 13.8. The topological polar surface area (TPSA) is 83.9 Å². The van der Waals surface area contributed by atoms with Crippen molar-refractivity contribution in [3.05, 3.63) is 59.2 Å². The normalized spacial score (nSPS) is 23.0. The second-order valence-corrected chi connectivity index (χ2v) is 9.61. The van der Waals surface area contributed by atoms with Crippen molar-refractivity contribution in [2.45, 2.75) is 48.8 Å². The number of hydrogen-bond donors (Lipinski definition) is 1. The molecule has 2 heterocycles. The van der Waals surface area contributed by atoms with Crippen molar-refractivity contribution in [1.82, 2.24) is 4.90 Å². The maximum absolute atomic E-state index is 13.0. The monoisotopic (exact) mass is 423 g/mol. The highest BCUT2D eigenvalue weighted by Crippen LogP contribution is 2.46. The first kappa shape index (κ1) is 19.8. The minimum absolute atomic E-state index is 0.180. The molecule has 6 nitrogen and oxygen atoms in total. The van der Waals surface area contributed by atoms with Crippen LogP contribution in [-0.2, 0) is 16.4 Å². The minimum Gasteiger partial charge on any atom is -0.485 e. The van der Waals surface area contributed by atoms with Crippen LogP contribution in [0.25, 0.3) is 0 Å². The van der Waals surface area contributed by atoms with Crippen LogP contribution < -0.4 is 4.74 Å². The second-order valence-electron chi connectivity index (χ2n) is 7.69. The summed E-state index contributed by atoms with van der Waals surface area (Å²) in [6.07, 6.45) is -1.21. The predicted molar refractivity (Wildman–Crippen MR) is 99.4 cm³/mol. The number of hydrogen-bond acceptors (Lipinski definition) is 5. The summed E-state index contributed by atoms with van der Waals surface area (Å²) in [5.41, 5.74) is 0.351. The smallest absolute Gasteiger partial charge is 0.341 e. The summed E-state index contributed by atoms with van der Waals surface area (Å²) in [6, 6.07) is 9.44. The van der Waals surface area contributed by atoms with Gasteiger partial charge >= 0.3 is 5.76 Å². The second kappa shape index (κ2) is 6.50. The molecule has 9 heteroatoms. The van der Waals surface area contributed by atoms with Crippen molar-refractivity contribution < 1.29 is 31.8 Å². The highest BCUT2D eigenvalue weighted by molar-refractivity contribution is 7.91. The molecule has 2 aromatic rings. The Morgan fingerprint density at radius 1 is 1.21 bits per heavy atom. The van der Waals surface area contributed by atoms with Crippen LogP contribution in [0, 0.1) is 0 Å². The number of rotatable bonds is 3. The van der Waals surface area contributed by atoms with Crippen LogP contribution >= 0.6 is 0 Å². The van der Waals surface area contributed by atoms with Crippen LogP contribution in [0.4, 0.5) is 8.78 Å². The molecule has 0 aromatic heterocycles. The molecule has 2 aliphatic rings. The third-order valence-corrected chi connectivity index (χ3v) is 6.81. The SMILES string of the molecule is CC1(C)Oc2ccc(S(=O)(=O)C(F)F)cc2[C@H](N2Cc3ccccc3C2=O)[C@H]1O. The van der Waals surface area contributed by atoms with Gasteiger partial charge in [-0.3, -0.25) is 4.79 Å². The van der Waals surface area contributed by atoms with E-state index in [0.29, 0.717) is 5.56 Å². The number of benzene rings is 2. The number of ether oxygens (including phenoxy) is 1. The van der Waals surface area contributed by atoms with Gasteiger partial charge in [-0.15, -0.1) is 0 Å². The van der Waals surface area contributed by atoms with Gasteiger partial charge in [-0.1, -0.05) is 18.2 Å². The fraction of sp³-hybridized carbons (Fsp3) is 0.350. The Bertz CT molecular complexity index is 1100. The molecule has 1 N–H and O–H groups in total. The van der Waals surface area contributed by atoms with Gasteiger partial charge in [0.1, 0.15) is 17.5 Å². The van der Waals surface area contributed by atoms with Crippen molar-refractivity contribution in [1.29, 1.82) is 0 Å². The van der Waals surface area contributed by atoms with Crippen LogP contribution in [0.1, 0.15) is 41.4 Å². The Kier molecular flexibility index (Phi) is 4.43. The van der Waals surface area contributed by atoms with Gasteiger partial charge < -0.3 is 14.7 Å². The van der Waals surface area contributed by atoms with Crippen molar-refractivity contribution in [3.8, 4) is 5.75 Å². The molecule has 29 heavy (non-hydrogen) atoms. The molecule has 2 atom stereocenters. The highest BCUT2D eigenvalue weighted by atomic mass is 32.2. The zero-order chi connectivity index (χ0) is 21.1. The van der Waals surface area contributed by atoms with E-state index in [1.807, 2.05) is 0 Å². The largest absolute Gasteiger partial charge is 0.485 e. The van der Waals surface area contributed by atoms with E-state index < -0.39 is 38.2 Å². The zero-order valence-electron chi connectivity index (χ0n) is 15.7. The molecule has 0 saturated carbocycles. The van der Waals surface area contributed by atoms with Crippen molar-refractivity contribution >= 4 is 15.7 Å². The van der Waals surface area contributed by atoms with Crippen LogP contribution in [0.5, 0.6) is 5.75 Å². The lowest BCUT2D eigenvalue weighted by Gasteiger charge is -2.45. The molecule has 0 aliphatic carbocycles. The van der Waals surface area contributed by atoms with Crippen LogP contribution in [0.15, 0.2) is 47.4 Å². The van der Waals surface area contributed by atoms with Crippen molar-refractivity contribution in [2.75, 3.05) is 0 Å². The van der Waals surface area contributed by atoms with Crippen LogP contribution in [0.2, 0.25) is 0 Å². The standard InChI is InChI=1S/C20H19F2NO5S/c1-20(2)17(24)16(23-10-11-5-3-4-6-13(11)18(23)25)14-9-12(7-8-15(14)28-20)29(26,27)19(21)22/h3-9,16-17,19,24H,10H2,1-2H3/t16-,17+/m0/s1. The van der Waals surface area contributed by atoms with Gasteiger partial charge in [-0.2, -0.15) is 8.78 Å². The summed E-state index contributed by atoms with van der Waals surface area (Å²) in [5, 5.41) is 11.0. The number of aliphatic hydroxyl groups excluding tert-OH is 1. The first-order valence-electron chi connectivity index (χ1n) is 8.96. The molecule has 0 bridgehead atoms. The zero-order valence-corrected chi connectivity index (χ0v) is 16.5. The fourth-order valence-corrected chi connectivity index (χ4v) is 4.62.